The molecular weight excluding hydrogens is 410 g/mol. The molecule has 31 heavy (non-hydrogen) atoms. The number of ether oxygens (including phenoxy) is 1. The number of carbonyl (C=O) groups is 1. The number of para-hydroxylation sites is 1. The van der Waals surface area contributed by atoms with Crippen LogP contribution in [0.5, 0.6) is 5.75 Å². The first-order valence-corrected chi connectivity index (χ1v) is 10.8. The SMILES string of the molecule is COc1ccccc1CNC(=O)Cn1cnc2scc(-c3ccc(C)c(C)c3)c2c1=O. The number of nitrogens with zero attached hydrogens (tertiary/aromatic N) is 2. The van der Waals surface area contributed by atoms with Crippen LogP contribution in [0.15, 0.2) is 59.0 Å². The lowest BCUT2D eigenvalue weighted by molar-refractivity contribution is -0.121. The van der Waals surface area contributed by atoms with E-state index in [4.69, 9.17) is 4.74 Å². The van der Waals surface area contributed by atoms with Crippen LogP contribution in [0.25, 0.3) is 21.3 Å². The van der Waals surface area contributed by atoms with Crippen molar-refractivity contribution in [2.75, 3.05) is 7.11 Å². The Bertz CT molecular complexity index is 1320. The number of thiophene rings is 1. The Morgan fingerprint density at radius 3 is 2.74 bits per heavy atom. The highest BCUT2D eigenvalue weighted by Crippen LogP contribution is 2.31. The number of hydrogen-bond donors (Lipinski definition) is 1. The van der Waals surface area contributed by atoms with Gasteiger partial charge in [-0.05, 0) is 36.6 Å². The first-order chi connectivity index (χ1) is 15.0. The highest BCUT2D eigenvalue weighted by molar-refractivity contribution is 7.17. The number of aryl methyl sites for hydroxylation is 2. The van der Waals surface area contributed by atoms with Gasteiger partial charge in [0.2, 0.25) is 5.91 Å². The van der Waals surface area contributed by atoms with E-state index in [9.17, 15) is 9.59 Å². The predicted octanol–water partition coefficient (Wildman–Crippen LogP) is 4.07. The summed E-state index contributed by atoms with van der Waals surface area (Å²) >= 11 is 1.43. The highest BCUT2D eigenvalue weighted by atomic mass is 32.1. The van der Waals surface area contributed by atoms with E-state index in [0.29, 0.717) is 22.5 Å². The third-order valence-electron chi connectivity index (χ3n) is 5.36. The third-order valence-corrected chi connectivity index (χ3v) is 6.25. The minimum absolute atomic E-state index is 0.0981. The van der Waals surface area contributed by atoms with Crippen molar-refractivity contribution in [1.82, 2.24) is 14.9 Å². The molecule has 0 atom stereocenters. The van der Waals surface area contributed by atoms with Gasteiger partial charge in [0.1, 0.15) is 17.1 Å². The molecule has 0 aliphatic carbocycles. The Balaban J connectivity index is 1.58. The van der Waals surface area contributed by atoms with Crippen LogP contribution in [0.1, 0.15) is 16.7 Å². The number of aromatic nitrogens is 2. The highest BCUT2D eigenvalue weighted by Gasteiger charge is 2.15. The predicted molar refractivity (Wildman–Crippen MR) is 124 cm³/mol. The Hall–Kier alpha value is -3.45. The minimum Gasteiger partial charge on any atom is -0.496 e. The van der Waals surface area contributed by atoms with E-state index in [2.05, 4.69) is 30.2 Å². The van der Waals surface area contributed by atoms with Gasteiger partial charge in [-0.15, -0.1) is 11.3 Å². The van der Waals surface area contributed by atoms with Crippen LogP contribution in [-0.4, -0.2) is 22.6 Å². The van der Waals surface area contributed by atoms with E-state index < -0.39 is 0 Å². The van der Waals surface area contributed by atoms with Crippen molar-refractivity contribution in [2.45, 2.75) is 26.9 Å². The molecule has 0 saturated heterocycles. The van der Waals surface area contributed by atoms with Gasteiger partial charge in [-0.25, -0.2) is 4.98 Å². The maximum absolute atomic E-state index is 13.2. The molecule has 0 saturated carbocycles. The lowest BCUT2D eigenvalue weighted by Gasteiger charge is -2.10. The van der Waals surface area contributed by atoms with Crippen LogP contribution in [0.3, 0.4) is 0 Å². The standard InChI is InChI=1S/C24H23N3O3S/c1-15-8-9-17(10-16(15)2)19-13-31-23-22(19)24(29)27(14-26-23)12-21(28)25-11-18-6-4-5-7-20(18)30-3/h4-10,13-14H,11-12H2,1-3H3,(H,25,28). The Morgan fingerprint density at radius 2 is 1.97 bits per heavy atom. The molecule has 7 heteroatoms. The van der Waals surface area contributed by atoms with E-state index in [1.165, 1.54) is 27.8 Å². The summed E-state index contributed by atoms with van der Waals surface area (Å²) in [5.74, 6) is 0.441. The molecule has 0 aliphatic heterocycles. The van der Waals surface area contributed by atoms with Gasteiger partial charge in [-0.1, -0.05) is 36.4 Å². The van der Waals surface area contributed by atoms with Crippen molar-refractivity contribution >= 4 is 27.5 Å². The molecule has 0 spiro atoms. The molecule has 0 bridgehead atoms. The van der Waals surface area contributed by atoms with Crippen molar-refractivity contribution in [1.29, 1.82) is 0 Å². The quantitative estimate of drug-likeness (QED) is 0.498. The normalized spacial score (nSPS) is 10.9. The second-order valence-electron chi connectivity index (χ2n) is 7.39. The molecule has 0 fully saturated rings. The number of nitrogens with one attached hydrogen (secondary N) is 1. The molecule has 1 amide bonds. The summed E-state index contributed by atoms with van der Waals surface area (Å²) in [6.45, 7) is 4.33. The number of amides is 1. The molecule has 1 N–H and O–H groups in total. The van der Waals surface area contributed by atoms with Crippen LogP contribution in [0, 0.1) is 13.8 Å². The third kappa shape index (κ3) is 4.22. The van der Waals surface area contributed by atoms with E-state index in [1.54, 1.807) is 7.11 Å². The molecule has 2 aromatic heterocycles. The fourth-order valence-corrected chi connectivity index (χ4v) is 4.36. The topological polar surface area (TPSA) is 73.2 Å². The van der Waals surface area contributed by atoms with Gasteiger partial charge in [-0.2, -0.15) is 0 Å². The van der Waals surface area contributed by atoms with Gasteiger partial charge < -0.3 is 10.1 Å². The van der Waals surface area contributed by atoms with Gasteiger partial charge >= 0.3 is 0 Å². The summed E-state index contributed by atoms with van der Waals surface area (Å²) in [6, 6.07) is 13.6. The zero-order valence-electron chi connectivity index (χ0n) is 17.6. The van der Waals surface area contributed by atoms with Gasteiger partial charge in [0.25, 0.3) is 5.56 Å². The molecular formula is C24H23N3O3S. The lowest BCUT2D eigenvalue weighted by atomic mass is 10.0. The van der Waals surface area contributed by atoms with Crippen LogP contribution >= 0.6 is 11.3 Å². The second kappa shape index (κ2) is 8.73. The van der Waals surface area contributed by atoms with Crippen molar-refractivity contribution < 1.29 is 9.53 Å². The maximum Gasteiger partial charge on any atom is 0.263 e. The van der Waals surface area contributed by atoms with Crippen LogP contribution in [0.4, 0.5) is 0 Å². The summed E-state index contributed by atoms with van der Waals surface area (Å²) in [6.07, 6.45) is 1.44. The molecule has 158 valence electrons. The maximum atomic E-state index is 13.2. The zero-order valence-corrected chi connectivity index (χ0v) is 18.5. The number of carbonyl (C=O) groups excluding carboxylic acids is 1. The average Bonchev–Trinajstić information content (AvgIpc) is 3.21. The Kier molecular flexibility index (Phi) is 5.86. The molecule has 2 heterocycles. The molecule has 4 aromatic rings. The zero-order chi connectivity index (χ0) is 22.0. The van der Waals surface area contributed by atoms with Gasteiger partial charge in [-0.3, -0.25) is 14.2 Å². The molecule has 0 radical (unpaired) electrons. The second-order valence-corrected chi connectivity index (χ2v) is 8.25. The first kappa shape index (κ1) is 20.8. The number of benzene rings is 2. The lowest BCUT2D eigenvalue weighted by Crippen LogP contribution is -2.32. The monoisotopic (exact) mass is 433 g/mol. The summed E-state index contributed by atoms with van der Waals surface area (Å²) in [4.78, 5) is 30.8. The van der Waals surface area contributed by atoms with Crippen LogP contribution in [-0.2, 0) is 17.9 Å². The average molecular weight is 434 g/mol. The fraction of sp³-hybridized carbons (Fsp3) is 0.208. The Morgan fingerprint density at radius 1 is 1.16 bits per heavy atom. The molecule has 4 rings (SSSR count). The van der Waals surface area contributed by atoms with E-state index in [0.717, 1.165) is 22.3 Å². The smallest absolute Gasteiger partial charge is 0.263 e. The Labute approximate surface area is 184 Å². The van der Waals surface area contributed by atoms with Gasteiger partial charge in [0.05, 0.1) is 18.8 Å². The van der Waals surface area contributed by atoms with E-state index >= 15 is 0 Å². The summed E-state index contributed by atoms with van der Waals surface area (Å²) in [5.41, 5.74) is 4.85. The largest absolute Gasteiger partial charge is 0.496 e. The molecule has 6 nitrogen and oxygen atoms in total. The number of fused-ring (bicyclic) bond motifs is 1. The number of hydrogen-bond acceptors (Lipinski definition) is 5. The van der Waals surface area contributed by atoms with Gasteiger partial charge in [0.15, 0.2) is 0 Å². The van der Waals surface area contributed by atoms with Crippen LogP contribution in [0.2, 0.25) is 0 Å². The number of rotatable bonds is 6. The van der Waals surface area contributed by atoms with E-state index in [-0.39, 0.29) is 18.0 Å². The van der Waals surface area contributed by atoms with Crippen molar-refractivity contribution in [3.63, 3.8) is 0 Å². The van der Waals surface area contributed by atoms with Crippen LogP contribution < -0.4 is 15.6 Å². The molecule has 0 aliphatic rings. The van der Waals surface area contributed by atoms with Crippen molar-refractivity contribution in [3.05, 3.63) is 81.2 Å². The van der Waals surface area contributed by atoms with Crippen molar-refractivity contribution in [2.24, 2.45) is 0 Å². The molecule has 2 aromatic carbocycles. The summed E-state index contributed by atoms with van der Waals surface area (Å²) in [5, 5.41) is 5.35. The summed E-state index contributed by atoms with van der Waals surface area (Å²) in [7, 11) is 1.59. The first-order valence-electron chi connectivity index (χ1n) is 9.91. The van der Waals surface area contributed by atoms with Crippen molar-refractivity contribution in [3.8, 4) is 16.9 Å². The van der Waals surface area contributed by atoms with Gasteiger partial charge in [0, 0.05) is 23.1 Å². The van der Waals surface area contributed by atoms with E-state index in [1.807, 2.05) is 41.8 Å². The molecule has 0 unspecified atom stereocenters. The fourth-order valence-electron chi connectivity index (χ4n) is 3.46. The summed E-state index contributed by atoms with van der Waals surface area (Å²) < 4.78 is 6.67. The number of methoxy groups -OCH3 is 1. The minimum atomic E-state index is -0.267.